The van der Waals surface area contributed by atoms with E-state index in [9.17, 15) is 14.0 Å². The molecule has 0 amide bonds. The van der Waals surface area contributed by atoms with Crippen molar-refractivity contribution in [3.05, 3.63) is 76.6 Å². The Morgan fingerprint density at radius 1 is 1.11 bits per heavy atom. The van der Waals surface area contributed by atoms with E-state index in [0.717, 1.165) is 53.8 Å². The molecule has 0 saturated carbocycles. The molecular formula is C28H27F2N5. The Morgan fingerprint density at radius 2 is 1.86 bits per heavy atom. The number of likely N-dealkylation sites (tertiary alicyclic amines) is 1. The van der Waals surface area contributed by atoms with Gasteiger partial charge in [-0.25, -0.2) is 8.78 Å². The van der Waals surface area contributed by atoms with Gasteiger partial charge in [-0.05, 0) is 67.3 Å². The van der Waals surface area contributed by atoms with Crippen LogP contribution >= 0.6 is 0 Å². The zero-order chi connectivity index (χ0) is 24.9. The molecule has 5 nitrogen and oxygen atoms in total. The van der Waals surface area contributed by atoms with Crippen molar-refractivity contribution in [1.29, 1.82) is 5.26 Å². The van der Waals surface area contributed by atoms with E-state index in [4.69, 9.17) is 10.7 Å². The third-order valence-corrected chi connectivity index (χ3v) is 6.98. The minimum Gasteiger partial charge on any atom is -0.345 e. The summed E-state index contributed by atoms with van der Waals surface area (Å²) in [4.78, 5) is 7.13. The summed E-state index contributed by atoms with van der Waals surface area (Å²) >= 11 is 0. The number of halogens is 2. The predicted molar refractivity (Wildman–Crippen MR) is 134 cm³/mol. The molecule has 1 saturated heterocycles. The summed E-state index contributed by atoms with van der Waals surface area (Å²) in [6, 6.07) is 12.4. The highest BCUT2D eigenvalue weighted by Gasteiger charge is 2.23. The number of rotatable bonds is 4. The van der Waals surface area contributed by atoms with Crippen molar-refractivity contribution in [3.63, 3.8) is 0 Å². The number of aromatic nitrogens is 2. The zero-order valence-electron chi connectivity index (χ0n) is 20.1. The van der Waals surface area contributed by atoms with E-state index < -0.39 is 5.82 Å². The van der Waals surface area contributed by atoms with Crippen molar-refractivity contribution < 1.29 is 8.78 Å². The zero-order valence-corrected chi connectivity index (χ0v) is 20.1. The van der Waals surface area contributed by atoms with Crippen LogP contribution in [0.1, 0.15) is 28.8 Å². The van der Waals surface area contributed by atoms with E-state index in [0.29, 0.717) is 22.4 Å². The van der Waals surface area contributed by atoms with Crippen LogP contribution in [0.2, 0.25) is 0 Å². The first-order chi connectivity index (χ1) is 16.8. The Kier molecular flexibility index (Phi) is 5.87. The summed E-state index contributed by atoms with van der Waals surface area (Å²) in [6.45, 7) is 6.02. The first-order valence-corrected chi connectivity index (χ1v) is 11.7. The Morgan fingerprint density at radius 3 is 2.49 bits per heavy atom. The van der Waals surface area contributed by atoms with Crippen molar-refractivity contribution >= 4 is 10.9 Å². The second kappa shape index (κ2) is 8.88. The normalized spacial score (nSPS) is 16.2. The molecule has 35 heavy (non-hydrogen) atoms. The fourth-order valence-corrected chi connectivity index (χ4v) is 5.09. The molecule has 3 heterocycles. The number of hydrogen-bond acceptors (Lipinski definition) is 4. The average molecular weight is 472 g/mol. The number of benzene rings is 2. The third-order valence-electron chi connectivity index (χ3n) is 6.98. The maximum atomic E-state index is 14.7. The number of pyridine rings is 1. The first kappa shape index (κ1) is 23.2. The molecule has 1 aliphatic heterocycles. The fourth-order valence-electron chi connectivity index (χ4n) is 5.09. The van der Waals surface area contributed by atoms with E-state index in [-0.39, 0.29) is 17.4 Å². The number of fused-ring (bicyclic) bond motifs is 1. The van der Waals surface area contributed by atoms with Crippen LogP contribution in [0.25, 0.3) is 33.3 Å². The molecule has 5 rings (SSSR count). The molecule has 0 radical (unpaired) electrons. The van der Waals surface area contributed by atoms with Crippen molar-refractivity contribution in [1.82, 2.24) is 14.5 Å². The molecule has 2 N–H and O–H groups in total. The Hall–Kier alpha value is -3.60. The molecule has 7 heteroatoms. The Bertz CT molecular complexity index is 1470. The van der Waals surface area contributed by atoms with Gasteiger partial charge in [-0.15, -0.1) is 0 Å². The monoisotopic (exact) mass is 471 g/mol. The van der Waals surface area contributed by atoms with Crippen LogP contribution in [0.3, 0.4) is 0 Å². The SMILES string of the molecule is Cc1cc(-c2ncc3c(cc(CN4CC[C@H](N)C4)n3C)c2-c2ccc(C#N)c(F)c2)cc(C)c1F. The quantitative estimate of drug-likeness (QED) is 0.444. The van der Waals surface area contributed by atoms with Gasteiger partial charge in [0, 0.05) is 54.9 Å². The fraction of sp³-hybridized carbons (Fsp3) is 0.286. The molecule has 0 aliphatic carbocycles. The van der Waals surface area contributed by atoms with Gasteiger partial charge >= 0.3 is 0 Å². The van der Waals surface area contributed by atoms with Crippen LogP contribution in [-0.2, 0) is 13.6 Å². The molecule has 2 aromatic carbocycles. The summed E-state index contributed by atoms with van der Waals surface area (Å²) < 4.78 is 31.2. The number of nitrogens with two attached hydrogens (primary N) is 1. The molecule has 178 valence electrons. The van der Waals surface area contributed by atoms with Crippen molar-refractivity contribution in [2.45, 2.75) is 32.9 Å². The van der Waals surface area contributed by atoms with E-state index in [2.05, 4.69) is 15.5 Å². The van der Waals surface area contributed by atoms with Crippen LogP contribution in [0, 0.1) is 36.8 Å². The van der Waals surface area contributed by atoms with Crippen molar-refractivity contribution in [3.8, 4) is 28.5 Å². The van der Waals surface area contributed by atoms with Gasteiger partial charge in [0.1, 0.15) is 17.7 Å². The first-order valence-electron chi connectivity index (χ1n) is 11.7. The average Bonchev–Trinajstić information content (AvgIpc) is 3.39. The molecule has 0 unspecified atom stereocenters. The van der Waals surface area contributed by atoms with E-state index >= 15 is 0 Å². The lowest BCUT2D eigenvalue weighted by Gasteiger charge is -2.15. The van der Waals surface area contributed by atoms with Gasteiger partial charge in [0.2, 0.25) is 0 Å². The summed E-state index contributed by atoms with van der Waals surface area (Å²) in [5.41, 5.74) is 12.0. The lowest BCUT2D eigenvalue weighted by molar-refractivity contribution is 0.319. The minimum absolute atomic E-state index is 0.0111. The molecule has 0 spiro atoms. The largest absolute Gasteiger partial charge is 0.345 e. The summed E-state index contributed by atoms with van der Waals surface area (Å²) in [7, 11) is 2.00. The highest BCUT2D eigenvalue weighted by molar-refractivity contribution is 6.02. The number of nitrogens with zero attached hydrogens (tertiary/aromatic N) is 4. The molecular weight excluding hydrogens is 444 g/mol. The predicted octanol–water partition coefficient (Wildman–Crippen LogP) is 5.21. The topological polar surface area (TPSA) is 70.9 Å². The Labute approximate surface area is 203 Å². The summed E-state index contributed by atoms with van der Waals surface area (Å²) in [5, 5.41) is 10.1. The highest BCUT2D eigenvalue weighted by Crippen LogP contribution is 2.39. The highest BCUT2D eigenvalue weighted by atomic mass is 19.1. The van der Waals surface area contributed by atoms with E-state index in [1.54, 1.807) is 32.0 Å². The van der Waals surface area contributed by atoms with Crippen LogP contribution in [0.15, 0.2) is 42.6 Å². The van der Waals surface area contributed by atoms with E-state index in [1.807, 2.05) is 19.3 Å². The second-order valence-corrected chi connectivity index (χ2v) is 9.49. The molecule has 2 aromatic heterocycles. The van der Waals surface area contributed by atoms with Crippen molar-refractivity contribution in [2.75, 3.05) is 13.1 Å². The number of hydrogen-bond donors (Lipinski definition) is 1. The van der Waals surface area contributed by atoms with Crippen LogP contribution in [0.4, 0.5) is 8.78 Å². The van der Waals surface area contributed by atoms with Gasteiger partial charge in [0.05, 0.1) is 23.0 Å². The molecule has 0 bridgehead atoms. The lowest BCUT2D eigenvalue weighted by Crippen LogP contribution is -2.26. The molecule has 1 atom stereocenters. The van der Waals surface area contributed by atoms with Crippen LogP contribution in [-0.4, -0.2) is 33.6 Å². The number of nitriles is 1. The number of aryl methyl sites for hydroxylation is 3. The molecule has 4 aromatic rings. The Balaban J connectivity index is 1.74. The smallest absolute Gasteiger partial charge is 0.141 e. The summed E-state index contributed by atoms with van der Waals surface area (Å²) in [6.07, 6.45) is 2.80. The molecule has 1 fully saturated rings. The van der Waals surface area contributed by atoms with Gasteiger partial charge in [-0.3, -0.25) is 9.88 Å². The van der Waals surface area contributed by atoms with Gasteiger partial charge in [0.15, 0.2) is 0 Å². The summed E-state index contributed by atoms with van der Waals surface area (Å²) in [5.74, 6) is -0.826. The van der Waals surface area contributed by atoms with Crippen LogP contribution in [0.5, 0.6) is 0 Å². The van der Waals surface area contributed by atoms with Gasteiger partial charge in [-0.2, -0.15) is 5.26 Å². The van der Waals surface area contributed by atoms with Crippen LogP contribution < -0.4 is 5.73 Å². The maximum absolute atomic E-state index is 14.7. The van der Waals surface area contributed by atoms with E-state index in [1.165, 1.54) is 12.1 Å². The second-order valence-electron chi connectivity index (χ2n) is 9.49. The lowest BCUT2D eigenvalue weighted by atomic mass is 9.93. The minimum atomic E-state index is -0.582. The van der Waals surface area contributed by atoms with Gasteiger partial charge in [-0.1, -0.05) is 6.07 Å². The molecule has 1 aliphatic rings. The maximum Gasteiger partial charge on any atom is 0.141 e. The van der Waals surface area contributed by atoms with Crippen molar-refractivity contribution in [2.24, 2.45) is 12.8 Å². The van der Waals surface area contributed by atoms with Gasteiger partial charge in [0.25, 0.3) is 0 Å². The standard InChI is InChI=1S/C28H27F2N5/c1-16-8-20(9-17(2)27(16)30)28-26(18-4-5-19(12-31)24(29)10-18)23-11-22(34(3)25(23)13-33-28)15-35-7-6-21(32)14-35/h4-5,8-11,13,21H,6-7,14-15,32H2,1-3H3/t21-/m0/s1. The third kappa shape index (κ3) is 4.09. The van der Waals surface area contributed by atoms with Gasteiger partial charge < -0.3 is 10.3 Å².